The monoisotopic (exact) mass is 186 g/mol. The molecule has 0 aliphatic heterocycles. The first kappa shape index (κ1) is 10.7. The van der Waals surface area contributed by atoms with Crippen molar-refractivity contribution in [2.75, 3.05) is 19.8 Å². The standard InChI is InChI=1S/C10H18O3/c1-3-12-7-9(11)10(13-4-2)8-5-6-8/h8,10H,3-7H2,1-2H3. The lowest BCUT2D eigenvalue weighted by Gasteiger charge is -2.14. The summed E-state index contributed by atoms with van der Waals surface area (Å²) < 4.78 is 10.5. The van der Waals surface area contributed by atoms with Crippen LogP contribution in [0.5, 0.6) is 0 Å². The van der Waals surface area contributed by atoms with Crippen LogP contribution < -0.4 is 0 Å². The zero-order valence-corrected chi connectivity index (χ0v) is 8.41. The van der Waals surface area contributed by atoms with Gasteiger partial charge < -0.3 is 9.47 Å². The minimum atomic E-state index is -0.198. The first-order valence-corrected chi connectivity index (χ1v) is 5.01. The molecule has 3 heteroatoms. The SMILES string of the molecule is CCOCC(=O)C(OCC)C1CC1. The van der Waals surface area contributed by atoms with Crippen molar-refractivity contribution in [2.45, 2.75) is 32.8 Å². The summed E-state index contributed by atoms with van der Waals surface area (Å²) in [5.41, 5.74) is 0. The fourth-order valence-electron chi connectivity index (χ4n) is 1.36. The highest BCUT2D eigenvalue weighted by molar-refractivity contribution is 5.84. The van der Waals surface area contributed by atoms with Crippen molar-refractivity contribution >= 4 is 5.78 Å². The summed E-state index contributed by atoms with van der Waals surface area (Å²) in [7, 11) is 0. The Hall–Kier alpha value is -0.410. The molecule has 1 aliphatic carbocycles. The van der Waals surface area contributed by atoms with Crippen molar-refractivity contribution in [3.05, 3.63) is 0 Å². The van der Waals surface area contributed by atoms with Gasteiger partial charge in [0.2, 0.25) is 0 Å². The summed E-state index contributed by atoms with van der Waals surface area (Å²) in [6.07, 6.45) is 2.06. The maximum absolute atomic E-state index is 11.5. The van der Waals surface area contributed by atoms with Gasteiger partial charge in [-0.05, 0) is 32.6 Å². The van der Waals surface area contributed by atoms with Crippen LogP contribution in [0.2, 0.25) is 0 Å². The molecule has 0 spiro atoms. The molecule has 1 fully saturated rings. The van der Waals surface area contributed by atoms with Gasteiger partial charge >= 0.3 is 0 Å². The molecular weight excluding hydrogens is 168 g/mol. The van der Waals surface area contributed by atoms with Crippen molar-refractivity contribution < 1.29 is 14.3 Å². The Bertz CT molecular complexity index is 164. The summed E-state index contributed by atoms with van der Waals surface area (Å²) in [6, 6.07) is 0. The summed E-state index contributed by atoms with van der Waals surface area (Å²) in [6.45, 7) is 5.22. The van der Waals surface area contributed by atoms with E-state index in [0.717, 1.165) is 12.8 Å². The van der Waals surface area contributed by atoms with Crippen LogP contribution in [0.4, 0.5) is 0 Å². The van der Waals surface area contributed by atoms with Gasteiger partial charge in [-0.15, -0.1) is 0 Å². The van der Waals surface area contributed by atoms with E-state index in [2.05, 4.69) is 0 Å². The second kappa shape index (κ2) is 5.35. The largest absolute Gasteiger partial charge is 0.374 e. The van der Waals surface area contributed by atoms with E-state index in [9.17, 15) is 4.79 Å². The van der Waals surface area contributed by atoms with Crippen LogP contribution in [0.1, 0.15) is 26.7 Å². The van der Waals surface area contributed by atoms with E-state index < -0.39 is 0 Å². The second-order valence-electron chi connectivity index (χ2n) is 3.32. The lowest BCUT2D eigenvalue weighted by molar-refractivity contribution is -0.136. The minimum Gasteiger partial charge on any atom is -0.374 e. The Morgan fingerprint density at radius 2 is 2.08 bits per heavy atom. The van der Waals surface area contributed by atoms with Crippen molar-refractivity contribution in [1.29, 1.82) is 0 Å². The maximum atomic E-state index is 11.5. The molecule has 0 radical (unpaired) electrons. The highest BCUT2D eigenvalue weighted by atomic mass is 16.5. The van der Waals surface area contributed by atoms with Crippen LogP contribution in [0.25, 0.3) is 0 Å². The predicted molar refractivity (Wildman–Crippen MR) is 49.6 cm³/mol. The van der Waals surface area contributed by atoms with Crippen LogP contribution >= 0.6 is 0 Å². The number of ether oxygens (including phenoxy) is 2. The molecule has 13 heavy (non-hydrogen) atoms. The normalized spacial score (nSPS) is 18.6. The molecule has 1 rings (SSSR count). The zero-order valence-electron chi connectivity index (χ0n) is 8.41. The van der Waals surface area contributed by atoms with Gasteiger partial charge in [0.15, 0.2) is 5.78 Å². The average Bonchev–Trinajstić information content (AvgIpc) is 2.93. The Kier molecular flexibility index (Phi) is 4.39. The highest BCUT2D eigenvalue weighted by Crippen LogP contribution is 2.34. The highest BCUT2D eigenvalue weighted by Gasteiger charge is 2.36. The van der Waals surface area contributed by atoms with Crippen molar-refractivity contribution in [2.24, 2.45) is 5.92 Å². The second-order valence-corrected chi connectivity index (χ2v) is 3.32. The fourth-order valence-corrected chi connectivity index (χ4v) is 1.36. The topological polar surface area (TPSA) is 35.5 Å². The molecular formula is C10H18O3. The zero-order chi connectivity index (χ0) is 9.68. The predicted octanol–water partition coefficient (Wildman–Crippen LogP) is 1.41. The van der Waals surface area contributed by atoms with Crippen molar-refractivity contribution in [3.63, 3.8) is 0 Å². The molecule has 1 unspecified atom stereocenters. The molecule has 0 aromatic heterocycles. The first-order chi connectivity index (χ1) is 6.29. The van der Waals surface area contributed by atoms with Crippen molar-refractivity contribution in [1.82, 2.24) is 0 Å². The quantitative estimate of drug-likeness (QED) is 0.603. The number of carbonyl (C=O) groups is 1. The summed E-state index contributed by atoms with van der Waals surface area (Å²) in [4.78, 5) is 11.5. The van der Waals surface area contributed by atoms with Gasteiger partial charge in [-0.3, -0.25) is 4.79 Å². The minimum absolute atomic E-state index is 0.103. The van der Waals surface area contributed by atoms with E-state index in [1.807, 2.05) is 13.8 Å². The maximum Gasteiger partial charge on any atom is 0.187 e. The Balaban J connectivity index is 2.29. The number of hydrogen-bond donors (Lipinski definition) is 0. The van der Waals surface area contributed by atoms with Crippen LogP contribution in [-0.4, -0.2) is 31.7 Å². The van der Waals surface area contributed by atoms with Gasteiger partial charge in [-0.1, -0.05) is 0 Å². The number of rotatable bonds is 7. The molecule has 0 heterocycles. The lowest BCUT2D eigenvalue weighted by Crippen LogP contribution is -2.30. The molecule has 76 valence electrons. The number of carbonyl (C=O) groups excluding carboxylic acids is 1. The van der Waals surface area contributed by atoms with Crippen LogP contribution in [0.15, 0.2) is 0 Å². The van der Waals surface area contributed by atoms with E-state index in [1.165, 1.54) is 0 Å². The van der Waals surface area contributed by atoms with Gasteiger partial charge in [0.25, 0.3) is 0 Å². The fraction of sp³-hybridized carbons (Fsp3) is 0.900. The molecule has 1 saturated carbocycles. The van der Waals surface area contributed by atoms with Crippen LogP contribution in [0.3, 0.4) is 0 Å². The first-order valence-electron chi connectivity index (χ1n) is 5.01. The molecule has 0 aromatic carbocycles. The number of ketones is 1. The Morgan fingerprint density at radius 3 is 2.54 bits per heavy atom. The average molecular weight is 186 g/mol. The van der Waals surface area contributed by atoms with E-state index in [0.29, 0.717) is 19.1 Å². The molecule has 1 aliphatic rings. The van der Waals surface area contributed by atoms with E-state index >= 15 is 0 Å². The summed E-state index contributed by atoms with van der Waals surface area (Å²) >= 11 is 0. The van der Waals surface area contributed by atoms with Gasteiger partial charge in [0, 0.05) is 13.2 Å². The van der Waals surface area contributed by atoms with Crippen molar-refractivity contribution in [3.8, 4) is 0 Å². The van der Waals surface area contributed by atoms with Crippen LogP contribution in [-0.2, 0) is 14.3 Å². The third-order valence-electron chi connectivity index (χ3n) is 2.16. The van der Waals surface area contributed by atoms with Gasteiger partial charge in [-0.2, -0.15) is 0 Å². The number of Topliss-reactive ketones (excluding diaryl/α,β-unsaturated/α-hetero) is 1. The van der Waals surface area contributed by atoms with Gasteiger partial charge in [0.05, 0.1) is 0 Å². The Labute approximate surface area is 79.4 Å². The van der Waals surface area contributed by atoms with Gasteiger partial charge in [0.1, 0.15) is 12.7 Å². The van der Waals surface area contributed by atoms with E-state index in [-0.39, 0.29) is 18.5 Å². The summed E-state index contributed by atoms with van der Waals surface area (Å²) in [5, 5.41) is 0. The smallest absolute Gasteiger partial charge is 0.187 e. The molecule has 0 N–H and O–H groups in total. The summed E-state index contributed by atoms with van der Waals surface area (Å²) in [5.74, 6) is 0.569. The molecule has 0 saturated heterocycles. The molecule has 3 nitrogen and oxygen atoms in total. The molecule has 0 amide bonds. The van der Waals surface area contributed by atoms with Crippen LogP contribution in [0, 0.1) is 5.92 Å². The molecule has 1 atom stereocenters. The van der Waals surface area contributed by atoms with E-state index in [4.69, 9.17) is 9.47 Å². The number of hydrogen-bond acceptors (Lipinski definition) is 3. The third-order valence-corrected chi connectivity index (χ3v) is 2.16. The third kappa shape index (κ3) is 3.44. The van der Waals surface area contributed by atoms with E-state index in [1.54, 1.807) is 0 Å². The van der Waals surface area contributed by atoms with Gasteiger partial charge in [-0.25, -0.2) is 0 Å². The molecule has 0 bridgehead atoms. The Morgan fingerprint density at radius 1 is 1.38 bits per heavy atom. The lowest BCUT2D eigenvalue weighted by atomic mass is 10.1. The molecule has 0 aromatic rings.